The lowest BCUT2D eigenvalue weighted by atomic mass is 10.0. The van der Waals surface area contributed by atoms with Crippen molar-refractivity contribution < 1.29 is 4.79 Å². The Hall–Kier alpha value is -0.830. The molecule has 2 aliphatic rings. The molecule has 2 unspecified atom stereocenters. The first-order chi connectivity index (χ1) is 8.67. The number of rotatable bonds is 3. The molecule has 96 valence electrons. The first-order valence-corrected chi connectivity index (χ1v) is 7.56. The Balaban J connectivity index is 1.70. The van der Waals surface area contributed by atoms with Gasteiger partial charge in [0.05, 0.1) is 0 Å². The van der Waals surface area contributed by atoms with Gasteiger partial charge in [0, 0.05) is 16.1 Å². The largest absolute Gasteiger partial charge is 0.326 e. The third-order valence-electron chi connectivity index (χ3n) is 4.32. The molecule has 2 fully saturated rings. The number of nitrogens with one attached hydrogen (secondary N) is 1. The topological polar surface area (TPSA) is 29.1 Å². The van der Waals surface area contributed by atoms with E-state index in [1.165, 1.54) is 12.0 Å². The molecule has 2 atom stereocenters. The molecule has 0 spiro atoms. The van der Waals surface area contributed by atoms with E-state index in [1.54, 1.807) is 0 Å². The predicted molar refractivity (Wildman–Crippen MR) is 76.5 cm³/mol. The van der Waals surface area contributed by atoms with Crippen molar-refractivity contribution in [1.82, 2.24) is 0 Å². The third-order valence-corrected chi connectivity index (χ3v) is 4.81. The Morgan fingerprint density at radius 1 is 1.33 bits per heavy atom. The highest BCUT2D eigenvalue weighted by atomic mass is 79.9. The predicted octanol–water partition coefficient (Wildman–Crippen LogP) is 4.00. The van der Waals surface area contributed by atoms with E-state index in [0.29, 0.717) is 0 Å². The molecule has 0 bridgehead atoms. The van der Waals surface area contributed by atoms with Crippen LogP contribution < -0.4 is 5.32 Å². The van der Waals surface area contributed by atoms with Crippen LogP contribution in [0.2, 0.25) is 0 Å². The van der Waals surface area contributed by atoms with Crippen molar-refractivity contribution in [3.8, 4) is 0 Å². The molecule has 1 N–H and O–H groups in total. The molecule has 1 aromatic carbocycles. The highest BCUT2D eigenvalue weighted by Gasteiger charge is 2.47. The number of anilines is 1. The monoisotopic (exact) mass is 307 g/mol. The van der Waals surface area contributed by atoms with Gasteiger partial charge in [0.25, 0.3) is 0 Å². The summed E-state index contributed by atoms with van der Waals surface area (Å²) in [5.41, 5.74) is 2.17. The van der Waals surface area contributed by atoms with Crippen LogP contribution in [-0.2, 0) is 11.2 Å². The second-order valence-electron chi connectivity index (χ2n) is 5.57. The zero-order chi connectivity index (χ0) is 12.7. The smallest absolute Gasteiger partial charge is 0.227 e. The minimum atomic E-state index is 0.222. The molecule has 2 saturated carbocycles. The van der Waals surface area contributed by atoms with Gasteiger partial charge in [0.15, 0.2) is 0 Å². The number of carbonyl (C=O) groups excluding carboxylic acids is 1. The molecule has 2 aliphatic carbocycles. The Morgan fingerprint density at radius 3 is 2.72 bits per heavy atom. The summed E-state index contributed by atoms with van der Waals surface area (Å²) in [5.74, 6) is 2.19. The van der Waals surface area contributed by atoms with E-state index in [1.807, 2.05) is 12.1 Å². The summed E-state index contributed by atoms with van der Waals surface area (Å²) in [6.45, 7) is 2.11. The SMILES string of the molecule is CCc1cc(Br)ccc1NC(=O)C1CC2CC2C1. The number of benzene rings is 1. The van der Waals surface area contributed by atoms with Gasteiger partial charge in [-0.1, -0.05) is 22.9 Å². The van der Waals surface area contributed by atoms with Gasteiger partial charge in [0.1, 0.15) is 0 Å². The standard InChI is InChI=1S/C15H18BrNO/c1-2-9-8-13(16)3-4-14(9)17-15(18)12-6-10-5-11(10)7-12/h3-4,8,10-12H,2,5-7H2,1H3,(H,17,18). The molecule has 0 radical (unpaired) electrons. The first kappa shape index (κ1) is 12.2. The van der Waals surface area contributed by atoms with Gasteiger partial charge < -0.3 is 5.32 Å². The summed E-state index contributed by atoms with van der Waals surface area (Å²) in [7, 11) is 0. The molecular weight excluding hydrogens is 290 g/mol. The number of hydrogen-bond donors (Lipinski definition) is 1. The second-order valence-corrected chi connectivity index (χ2v) is 6.48. The maximum Gasteiger partial charge on any atom is 0.227 e. The highest BCUT2D eigenvalue weighted by Crippen LogP contribution is 2.54. The van der Waals surface area contributed by atoms with Crippen molar-refractivity contribution in [2.45, 2.75) is 32.6 Å². The van der Waals surface area contributed by atoms with E-state index in [0.717, 1.165) is 41.3 Å². The fraction of sp³-hybridized carbons (Fsp3) is 0.533. The van der Waals surface area contributed by atoms with E-state index < -0.39 is 0 Å². The lowest BCUT2D eigenvalue weighted by molar-refractivity contribution is -0.120. The molecule has 18 heavy (non-hydrogen) atoms. The molecule has 1 amide bonds. The molecule has 0 saturated heterocycles. The van der Waals surface area contributed by atoms with Crippen molar-refractivity contribution in [2.24, 2.45) is 17.8 Å². The fourth-order valence-electron chi connectivity index (χ4n) is 3.14. The lowest BCUT2D eigenvalue weighted by Crippen LogP contribution is -2.22. The minimum absolute atomic E-state index is 0.222. The van der Waals surface area contributed by atoms with Gasteiger partial charge in [-0.15, -0.1) is 0 Å². The Labute approximate surface area is 116 Å². The molecule has 0 heterocycles. The number of halogens is 1. The van der Waals surface area contributed by atoms with Gasteiger partial charge in [-0.3, -0.25) is 4.79 Å². The van der Waals surface area contributed by atoms with E-state index in [9.17, 15) is 4.79 Å². The molecule has 2 nitrogen and oxygen atoms in total. The van der Waals surface area contributed by atoms with E-state index in [-0.39, 0.29) is 11.8 Å². The Bertz CT molecular complexity index is 475. The summed E-state index contributed by atoms with van der Waals surface area (Å²) >= 11 is 3.47. The van der Waals surface area contributed by atoms with Crippen molar-refractivity contribution in [3.05, 3.63) is 28.2 Å². The van der Waals surface area contributed by atoms with Crippen LogP contribution in [0.25, 0.3) is 0 Å². The molecular formula is C15H18BrNO. The summed E-state index contributed by atoms with van der Waals surface area (Å²) in [4.78, 5) is 12.2. The number of amides is 1. The van der Waals surface area contributed by atoms with Gasteiger partial charge in [-0.25, -0.2) is 0 Å². The van der Waals surface area contributed by atoms with E-state index >= 15 is 0 Å². The van der Waals surface area contributed by atoms with Crippen LogP contribution in [0.1, 0.15) is 31.7 Å². The Kier molecular flexibility index (Phi) is 3.18. The van der Waals surface area contributed by atoms with Gasteiger partial charge >= 0.3 is 0 Å². The number of hydrogen-bond acceptors (Lipinski definition) is 1. The Morgan fingerprint density at radius 2 is 2.06 bits per heavy atom. The number of aryl methyl sites for hydroxylation is 1. The fourth-order valence-corrected chi connectivity index (χ4v) is 3.55. The van der Waals surface area contributed by atoms with Crippen LogP contribution in [0.15, 0.2) is 22.7 Å². The quantitative estimate of drug-likeness (QED) is 0.898. The van der Waals surface area contributed by atoms with Crippen LogP contribution in [0.5, 0.6) is 0 Å². The average molecular weight is 308 g/mol. The summed E-state index contributed by atoms with van der Waals surface area (Å²) in [6, 6.07) is 6.07. The normalized spacial score (nSPS) is 28.9. The van der Waals surface area contributed by atoms with E-state index in [4.69, 9.17) is 0 Å². The molecule has 1 aromatic rings. The van der Waals surface area contributed by atoms with Crippen LogP contribution in [0.4, 0.5) is 5.69 Å². The zero-order valence-corrected chi connectivity index (χ0v) is 12.2. The minimum Gasteiger partial charge on any atom is -0.326 e. The molecule has 0 aliphatic heterocycles. The van der Waals surface area contributed by atoms with Gasteiger partial charge in [-0.2, -0.15) is 0 Å². The van der Waals surface area contributed by atoms with E-state index in [2.05, 4.69) is 34.2 Å². The number of carbonyl (C=O) groups is 1. The first-order valence-electron chi connectivity index (χ1n) is 6.76. The van der Waals surface area contributed by atoms with Crippen molar-refractivity contribution in [1.29, 1.82) is 0 Å². The molecule has 3 rings (SSSR count). The highest BCUT2D eigenvalue weighted by molar-refractivity contribution is 9.10. The molecule has 3 heteroatoms. The van der Waals surface area contributed by atoms with Crippen molar-refractivity contribution in [2.75, 3.05) is 5.32 Å². The van der Waals surface area contributed by atoms with Crippen molar-refractivity contribution in [3.63, 3.8) is 0 Å². The second kappa shape index (κ2) is 4.69. The summed E-state index contributed by atoms with van der Waals surface area (Å²) in [6.07, 6.45) is 4.51. The van der Waals surface area contributed by atoms with Crippen LogP contribution in [-0.4, -0.2) is 5.91 Å². The van der Waals surface area contributed by atoms with Crippen LogP contribution in [0, 0.1) is 17.8 Å². The molecule has 0 aromatic heterocycles. The zero-order valence-electron chi connectivity index (χ0n) is 10.6. The summed E-state index contributed by atoms with van der Waals surface area (Å²) in [5, 5.41) is 3.11. The van der Waals surface area contributed by atoms with Crippen molar-refractivity contribution >= 4 is 27.5 Å². The van der Waals surface area contributed by atoms with Gasteiger partial charge in [0.2, 0.25) is 5.91 Å². The van der Waals surface area contributed by atoms with Gasteiger partial charge in [-0.05, 0) is 61.3 Å². The van der Waals surface area contributed by atoms with Crippen LogP contribution >= 0.6 is 15.9 Å². The third kappa shape index (κ3) is 2.33. The van der Waals surface area contributed by atoms with Crippen LogP contribution in [0.3, 0.4) is 0 Å². The summed E-state index contributed by atoms with van der Waals surface area (Å²) < 4.78 is 1.07. The maximum atomic E-state index is 12.2. The lowest BCUT2D eigenvalue weighted by Gasteiger charge is -2.15. The average Bonchev–Trinajstić information content (AvgIpc) is 2.98. The maximum absolute atomic E-state index is 12.2. The number of fused-ring (bicyclic) bond motifs is 1.